The topological polar surface area (TPSA) is 39.2 Å². The highest BCUT2D eigenvalue weighted by molar-refractivity contribution is 5.90. The summed E-state index contributed by atoms with van der Waals surface area (Å²) in [5.41, 5.74) is 2.47. The predicted octanol–water partition coefficient (Wildman–Crippen LogP) is 1.49. The average molecular weight is 165 g/mol. The van der Waals surface area contributed by atoms with Gasteiger partial charge in [-0.15, -0.1) is 0 Å². The van der Waals surface area contributed by atoms with Crippen LogP contribution in [-0.4, -0.2) is 18.1 Å². The van der Waals surface area contributed by atoms with Crippen LogP contribution >= 0.6 is 0 Å². The summed E-state index contributed by atoms with van der Waals surface area (Å²) in [7, 11) is 1.37. The van der Waals surface area contributed by atoms with E-state index in [2.05, 4.69) is 9.72 Å². The van der Waals surface area contributed by atoms with Crippen molar-refractivity contribution in [3.05, 3.63) is 29.1 Å². The van der Waals surface area contributed by atoms with E-state index in [9.17, 15) is 4.79 Å². The van der Waals surface area contributed by atoms with E-state index in [0.717, 1.165) is 11.1 Å². The van der Waals surface area contributed by atoms with Gasteiger partial charge in [-0.25, -0.2) is 4.79 Å². The van der Waals surface area contributed by atoms with Gasteiger partial charge in [-0.1, -0.05) is 0 Å². The van der Waals surface area contributed by atoms with E-state index < -0.39 is 0 Å². The number of carbonyl (C=O) groups is 1. The van der Waals surface area contributed by atoms with Crippen LogP contribution in [0.5, 0.6) is 0 Å². The molecule has 0 N–H and O–H groups in total. The standard InChI is InChI=1S/C9H11NO2/c1-6-4-10-5-8(7(6)2)9(11)12-3/h4-5H,1-3H3. The van der Waals surface area contributed by atoms with E-state index in [0.29, 0.717) is 5.56 Å². The molecule has 0 bridgehead atoms. The van der Waals surface area contributed by atoms with Crippen molar-refractivity contribution < 1.29 is 9.53 Å². The SMILES string of the molecule is COC(=O)c1cncc(C)c1C. The van der Waals surface area contributed by atoms with Gasteiger partial charge in [0.05, 0.1) is 12.7 Å². The normalized spacial score (nSPS) is 9.58. The molecule has 0 aromatic carbocycles. The van der Waals surface area contributed by atoms with Gasteiger partial charge in [-0.2, -0.15) is 0 Å². The quantitative estimate of drug-likeness (QED) is 0.592. The fourth-order valence-electron chi connectivity index (χ4n) is 0.945. The van der Waals surface area contributed by atoms with E-state index in [-0.39, 0.29) is 5.97 Å². The highest BCUT2D eigenvalue weighted by Crippen LogP contribution is 2.11. The Morgan fingerprint density at radius 2 is 2.08 bits per heavy atom. The molecule has 0 atom stereocenters. The molecule has 0 aliphatic rings. The molecule has 1 rings (SSSR count). The smallest absolute Gasteiger partial charge is 0.339 e. The van der Waals surface area contributed by atoms with Crippen LogP contribution in [-0.2, 0) is 4.74 Å². The first-order valence-electron chi connectivity index (χ1n) is 3.66. The molecule has 0 saturated carbocycles. The van der Waals surface area contributed by atoms with E-state index in [1.807, 2.05) is 13.8 Å². The van der Waals surface area contributed by atoms with Crippen molar-refractivity contribution in [2.45, 2.75) is 13.8 Å². The molecule has 1 aromatic rings. The molecule has 1 aromatic heterocycles. The minimum Gasteiger partial charge on any atom is -0.465 e. The maximum Gasteiger partial charge on any atom is 0.339 e. The van der Waals surface area contributed by atoms with Gasteiger partial charge in [0.1, 0.15) is 0 Å². The van der Waals surface area contributed by atoms with Crippen LogP contribution in [0.4, 0.5) is 0 Å². The Balaban J connectivity index is 3.16. The Morgan fingerprint density at radius 1 is 1.42 bits per heavy atom. The Labute approximate surface area is 71.4 Å². The van der Waals surface area contributed by atoms with Gasteiger partial charge in [0.2, 0.25) is 0 Å². The second-order valence-corrected chi connectivity index (χ2v) is 2.62. The number of hydrogen-bond acceptors (Lipinski definition) is 3. The lowest BCUT2D eigenvalue weighted by molar-refractivity contribution is 0.0599. The zero-order chi connectivity index (χ0) is 9.14. The molecule has 0 unspecified atom stereocenters. The average Bonchev–Trinajstić information content (AvgIpc) is 2.08. The molecule has 3 nitrogen and oxygen atoms in total. The number of rotatable bonds is 1. The van der Waals surface area contributed by atoms with Crippen LogP contribution in [0.15, 0.2) is 12.4 Å². The van der Waals surface area contributed by atoms with Crippen LogP contribution in [0.2, 0.25) is 0 Å². The van der Waals surface area contributed by atoms with Crippen molar-refractivity contribution in [2.24, 2.45) is 0 Å². The molecule has 0 fully saturated rings. The number of hydrogen-bond donors (Lipinski definition) is 0. The highest BCUT2D eigenvalue weighted by Gasteiger charge is 2.09. The van der Waals surface area contributed by atoms with Crippen LogP contribution in [0.3, 0.4) is 0 Å². The number of aryl methyl sites for hydroxylation is 1. The lowest BCUT2D eigenvalue weighted by atomic mass is 10.1. The summed E-state index contributed by atoms with van der Waals surface area (Å²) >= 11 is 0. The number of methoxy groups -OCH3 is 1. The molecule has 0 saturated heterocycles. The van der Waals surface area contributed by atoms with Crippen molar-refractivity contribution in [2.75, 3.05) is 7.11 Å². The van der Waals surface area contributed by atoms with E-state index >= 15 is 0 Å². The summed E-state index contributed by atoms with van der Waals surface area (Å²) in [5, 5.41) is 0. The maximum absolute atomic E-state index is 11.1. The molecule has 0 aliphatic heterocycles. The number of ether oxygens (including phenoxy) is 1. The summed E-state index contributed by atoms with van der Waals surface area (Å²) in [6, 6.07) is 0. The van der Waals surface area contributed by atoms with Crippen molar-refractivity contribution >= 4 is 5.97 Å². The number of pyridine rings is 1. The minimum atomic E-state index is -0.330. The van der Waals surface area contributed by atoms with E-state index in [1.54, 1.807) is 6.20 Å². The largest absolute Gasteiger partial charge is 0.465 e. The number of nitrogens with zero attached hydrogens (tertiary/aromatic N) is 1. The van der Waals surface area contributed by atoms with Crippen molar-refractivity contribution in [1.29, 1.82) is 0 Å². The Morgan fingerprint density at radius 3 is 2.67 bits per heavy atom. The Hall–Kier alpha value is -1.38. The van der Waals surface area contributed by atoms with Gasteiger partial charge in [0.15, 0.2) is 0 Å². The second-order valence-electron chi connectivity index (χ2n) is 2.62. The third kappa shape index (κ3) is 1.44. The van der Waals surface area contributed by atoms with Gasteiger partial charge in [-0.3, -0.25) is 4.98 Å². The third-order valence-electron chi connectivity index (χ3n) is 1.87. The molecule has 64 valence electrons. The van der Waals surface area contributed by atoms with Crippen LogP contribution in [0.1, 0.15) is 21.5 Å². The van der Waals surface area contributed by atoms with E-state index in [4.69, 9.17) is 0 Å². The van der Waals surface area contributed by atoms with Crippen molar-refractivity contribution in [3.8, 4) is 0 Å². The van der Waals surface area contributed by atoms with Crippen molar-refractivity contribution in [3.63, 3.8) is 0 Å². The van der Waals surface area contributed by atoms with Gasteiger partial charge in [0.25, 0.3) is 0 Å². The minimum absolute atomic E-state index is 0.330. The molecule has 0 aliphatic carbocycles. The van der Waals surface area contributed by atoms with Crippen LogP contribution < -0.4 is 0 Å². The van der Waals surface area contributed by atoms with Gasteiger partial charge < -0.3 is 4.74 Å². The third-order valence-corrected chi connectivity index (χ3v) is 1.87. The lowest BCUT2D eigenvalue weighted by Gasteiger charge is -2.04. The molecular weight excluding hydrogens is 154 g/mol. The summed E-state index contributed by atoms with van der Waals surface area (Å²) in [6.07, 6.45) is 3.25. The van der Waals surface area contributed by atoms with Gasteiger partial charge in [0, 0.05) is 12.4 Å². The number of carbonyl (C=O) groups excluding carboxylic acids is 1. The predicted molar refractivity (Wildman–Crippen MR) is 45.1 cm³/mol. The van der Waals surface area contributed by atoms with E-state index in [1.165, 1.54) is 13.3 Å². The Kier molecular flexibility index (Phi) is 2.43. The van der Waals surface area contributed by atoms with Crippen LogP contribution in [0.25, 0.3) is 0 Å². The fraction of sp³-hybridized carbons (Fsp3) is 0.333. The van der Waals surface area contributed by atoms with Crippen LogP contribution in [0, 0.1) is 13.8 Å². The number of esters is 1. The zero-order valence-electron chi connectivity index (χ0n) is 7.42. The first-order chi connectivity index (χ1) is 5.66. The Bertz CT molecular complexity index is 307. The first kappa shape index (κ1) is 8.71. The molecular formula is C9H11NO2. The number of aromatic nitrogens is 1. The maximum atomic E-state index is 11.1. The lowest BCUT2D eigenvalue weighted by Crippen LogP contribution is -2.05. The molecule has 12 heavy (non-hydrogen) atoms. The monoisotopic (exact) mass is 165 g/mol. The highest BCUT2D eigenvalue weighted by atomic mass is 16.5. The first-order valence-corrected chi connectivity index (χ1v) is 3.66. The summed E-state index contributed by atoms with van der Waals surface area (Å²) in [5.74, 6) is -0.330. The summed E-state index contributed by atoms with van der Waals surface area (Å²) < 4.78 is 4.59. The van der Waals surface area contributed by atoms with Crippen molar-refractivity contribution in [1.82, 2.24) is 4.98 Å². The summed E-state index contributed by atoms with van der Waals surface area (Å²) in [6.45, 7) is 3.79. The molecule has 0 spiro atoms. The molecule has 0 radical (unpaired) electrons. The summed E-state index contributed by atoms with van der Waals surface area (Å²) in [4.78, 5) is 15.0. The molecule has 3 heteroatoms. The molecule has 1 heterocycles. The van der Waals surface area contributed by atoms with Gasteiger partial charge >= 0.3 is 5.97 Å². The molecule has 0 amide bonds. The van der Waals surface area contributed by atoms with Gasteiger partial charge in [-0.05, 0) is 25.0 Å². The fourth-order valence-corrected chi connectivity index (χ4v) is 0.945. The zero-order valence-corrected chi connectivity index (χ0v) is 7.42. The second kappa shape index (κ2) is 3.34.